The van der Waals surface area contributed by atoms with Crippen LogP contribution in [0, 0.1) is 5.82 Å². The molecule has 12 heavy (non-hydrogen) atoms. The molecule has 0 radical (unpaired) electrons. The van der Waals surface area contributed by atoms with E-state index in [0.717, 1.165) is 6.42 Å². The number of hydrogen-bond acceptors (Lipinski definition) is 2. The lowest BCUT2D eigenvalue weighted by atomic mass is 10.3. The highest BCUT2D eigenvalue weighted by atomic mass is 19.1. The van der Waals surface area contributed by atoms with Crippen LogP contribution in [0.1, 0.15) is 13.3 Å². The van der Waals surface area contributed by atoms with E-state index in [4.69, 9.17) is 10.5 Å². The Bertz CT molecular complexity index is 263. The van der Waals surface area contributed by atoms with Crippen molar-refractivity contribution in [1.82, 2.24) is 0 Å². The van der Waals surface area contributed by atoms with E-state index in [1.807, 2.05) is 6.92 Å². The molecule has 0 spiro atoms. The Balaban J connectivity index is 2.78. The van der Waals surface area contributed by atoms with Gasteiger partial charge >= 0.3 is 0 Å². The molecular weight excluding hydrogens is 157 g/mol. The minimum atomic E-state index is -0.427. The van der Waals surface area contributed by atoms with E-state index in [2.05, 4.69) is 0 Å². The summed E-state index contributed by atoms with van der Waals surface area (Å²) in [5.41, 5.74) is 5.51. The minimum Gasteiger partial charge on any atom is -0.491 e. The number of halogens is 1. The molecule has 0 heterocycles. The Labute approximate surface area is 71.1 Å². The maximum absolute atomic E-state index is 12.8. The molecule has 0 aromatic heterocycles. The SMILES string of the molecule is CCCOc1cccc(F)c1N. The van der Waals surface area contributed by atoms with Gasteiger partial charge in [0.2, 0.25) is 0 Å². The van der Waals surface area contributed by atoms with Crippen molar-refractivity contribution in [3.8, 4) is 5.75 Å². The highest BCUT2D eigenvalue weighted by molar-refractivity contribution is 5.53. The second-order valence-corrected chi connectivity index (χ2v) is 2.50. The van der Waals surface area contributed by atoms with E-state index in [9.17, 15) is 4.39 Å². The first kappa shape index (κ1) is 8.84. The smallest absolute Gasteiger partial charge is 0.149 e. The van der Waals surface area contributed by atoms with Crippen LogP contribution in [0.15, 0.2) is 18.2 Å². The van der Waals surface area contributed by atoms with Gasteiger partial charge in [0.15, 0.2) is 0 Å². The van der Waals surface area contributed by atoms with Gasteiger partial charge < -0.3 is 10.5 Å². The van der Waals surface area contributed by atoms with Gasteiger partial charge in [-0.2, -0.15) is 0 Å². The molecule has 2 nitrogen and oxygen atoms in total. The van der Waals surface area contributed by atoms with Gasteiger partial charge in [0.05, 0.1) is 6.61 Å². The van der Waals surface area contributed by atoms with Crippen molar-refractivity contribution in [3.05, 3.63) is 24.0 Å². The number of nitrogen functional groups attached to an aromatic ring is 1. The van der Waals surface area contributed by atoms with Crippen molar-refractivity contribution in [2.45, 2.75) is 13.3 Å². The molecule has 0 aliphatic heterocycles. The molecule has 3 heteroatoms. The zero-order chi connectivity index (χ0) is 8.97. The van der Waals surface area contributed by atoms with Crippen LogP contribution in [-0.4, -0.2) is 6.61 Å². The van der Waals surface area contributed by atoms with Crippen LogP contribution in [0.4, 0.5) is 10.1 Å². The molecule has 0 aliphatic carbocycles. The molecule has 1 rings (SSSR count). The topological polar surface area (TPSA) is 35.2 Å². The second-order valence-electron chi connectivity index (χ2n) is 2.50. The summed E-state index contributed by atoms with van der Waals surface area (Å²) in [7, 11) is 0. The Hall–Kier alpha value is -1.25. The van der Waals surface area contributed by atoms with Crippen LogP contribution in [0.2, 0.25) is 0 Å². The summed E-state index contributed by atoms with van der Waals surface area (Å²) in [5, 5.41) is 0. The Morgan fingerprint density at radius 3 is 2.92 bits per heavy atom. The third-order valence-corrected chi connectivity index (χ3v) is 1.47. The maximum Gasteiger partial charge on any atom is 0.149 e. The van der Waals surface area contributed by atoms with Crippen molar-refractivity contribution in [1.29, 1.82) is 0 Å². The summed E-state index contributed by atoms with van der Waals surface area (Å²) in [5.74, 6) is 0.000420. The van der Waals surface area contributed by atoms with Crippen LogP contribution in [0.3, 0.4) is 0 Å². The standard InChI is InChI=1S/C9H12FNO/c1-2-6-12-8-5-3-4-7(10)9(8)11/h3-5H,2,6,11H2,1H3. The number of anilines is 1. The summed E-state index contributed by atoms with van der Waals surface area (Å²) < 4.78 is 18.0. The normalized spacial score (nSPS) is 9.83. The van der Waals surface area contributed by atoms with Gasteiger partial charge in [0.25, 0.3) is 0 Å². The van der Waals surface area contributed by atoms with Crippen LogP contribution < -0.4 is 10.5 Å². The average molecular weight is 169 g/mol. The number of para-hydroxylation sites is 1. The molecule has 0 saturated heterocycles. The van der Waals surface area contributed by atoms with Gasteiger partial charge in [-0.05, 0) is 18.6 Å². The molecule has 0 fully saturated rings. The first-order valence-electron chi connectivity index (χ1n) is 3.92. The van der Waals surface area contributed by atoms with Crippen molar-refractivity contribution in [2.24, 2.45) is 0 Å². The fourth-order valence-corrected chi connectivity index (χ4v) is 0.855. The Morgan fingerprint density at radius 2 is 2.25 bits per heavy atom. The minimum absolute atomic E-state index is 0.0888. The van der Waals surface area contributed by atoms with Gasteiger partial charge in [-0.3, -0.25) is 0 Å². The quantitative estimate of drug-likeness (QED) is 0.704. The van der Waals surface area contributed by atoms with Gasteiger partial charge in [0, 0.05) is 0 Å². The molecule has 0 atom stereocenters. The van der Waals surface area contributed by atoms with Crippen LogP contribution >= 0.6 is 0 Å². The molecule has 66 valence electrons. The van der Waals surface area contributed by atoms with Gasteiger partial charge in [0.1, 0.15) is 17.3 Å². The lowest BCUT2D eigenvalue weighted by Crippen LogP contribution is -2.00. The van der Waals surface area contributed by atoms with E-state index in [1.165, 1.54) is 6.07 Å². The van der Waals surface area contributed by atoms with Crippen LogP contribution in [-0.2, 0) is 0 Å². The average Bonchev–Trinajstić information content (AvgIpc) is 2.08. The molecular formula is C9H12FNO. The summed E-state index contributed by atoms with van der Waals surface area (Å²) in [6, 6.07) is 4.55. The molecule has 1 aromatic carbocycles. The Kier molecular flexibility index (Phi) is 2.91. The highest BCUT2D eigenvalue weighted by Gasteiger charge is 2.03. The molecule has 0 saturated carbocycles. The van der Waals surface area contributed by atoms with Gasteiger partial charge in [-0.1, -0.05) is 13.0 Å². The van der Waals surface area contributed by atoms with E-state index >= 15 is 0 Å². The maximum atomic E-state index is 12.8. The first-order chi connectivity index (χ1) is 5.75. The van der Waals surface area contributed by atoms with Crippen molar-refractivity contribution in [2.75, 3.05) is 12.3 Å². The summed E-state index contributed by atoms with van der Waals surface area (Å²) >= 11 is 0. The van der Waals surface area contributed by atoms with Gasteiger partial charge in [-0.15, -0.1) is 0 Å². The fourth-order valence-electron chi connectivity index (χ4n) is 0.855. The molecule has 0 bridgehead atoms. The van der Waals surface area contributed by atoms with Crippen LogP contribution in [0.5, 0.6) is 5.75 Å². The van der Waals surface area contributed by atoms with E-state index < -0.39 is 5.82 Å². The summed E-state index contributed by atoms with van der Waals surface area (Å²) in [6.45, 7) is 2.54. The van der Waals surface area contributed by atoms with Crippen molar-refractivity contribution in [3.63, 3.8) is 0 Å². The van der Waals surface area contributed by atoms with E-state index in [0.29, 0.717) is 12.4 Å². The molecule has 0 amide bonds. The number of hydrogen-bond donors (Lipinski definition) is 1. The molecule has 1 aromatic rings. The molecule has 0 aliphatic rings. The monoisotopic (exact) mass is 169 g/mol. The molecule has 2 N–H and O–H groups in total. The highest BCUT2D eigenvalue weighted by Crippen LogP contribution is 2.23. The zero-order valence-corrected chi connectivity index (χ0v) is 7.01. The molecule has 0 unspecified atom stereocenters. The van der Waals surface area contributed by atoms with E-state index in [1.54, 1.807) is 12.1 Å². The number of ether oxygens (including phenoxy) is 1. The number of benzene rings is 1. The largest absolute Gasteiger partial charge is 0.491 e. The van der Waals surface area contributed by atoms with Crippen molar-refractivity contribution >= 4 is 5.69 Å². The lowest BCUT2D eigenvalue weighted by Gasteiger charge is -2.07. The number of nitrogens with two attached hydrogens (primary N) is 1. The van der Waals surface area contributed by atoms with Crippen LogP contribution in [0.25, 0.3) is 0 Å². The zero-order valence-electron chi connectivity index (χ0n) is 7.01. The van der Waals surface area contributed by atoms with Crippen molar-refractivity contribution < 1.29 is 9.13 Å². The second kappa shape index (κ2) is 3.95. The third kappa shape index (κ3) is 1.87. The summed E-state index contributed by atoms with van der Waals surface area (Å²) in [4.78, 5) is 0. The predicted octanol–water partition coefficient (Wildman–Crippen LogP) is 2.20. The van der Waals surface area contributed by atoms with E-state index in [-0.39, 0.29) is 5.69 Å². The Morgan fingerprint density at radius 1 is 1.50 bits per heavy atom. The van der Waals surface area contributed by atoms with Gasteiger partial charge in [-0.25, -0.2) is 4.39 Å². The predicted molar refractivity (Wildman–Crippen MR) is 46.6 cm³/mol. The fraction of sp³-hybridized carbons (Fsp3) is 0.333. The third-order valence-electron chi connectivity index (χ3n) is 1.47. The summed E-state index contributed by atoms with van der Waals surface area (Å²) in [6.07, 6.45) is 0.885. The first-order valence-corrected chi connectivity index (χ1v) is 3.92. The number of rotatable bonds is 3. The lowest BCUT2D eigenvalue weighted by molar-refractivity contribution is 0.318.